The highest BCUT2D eigenvalue weighted by molar-refractivity contribution is 5.92. The number of amides is 1. The van der Waals surface area contributed by atoms with Crippen LogP contribution < -0.4 is 14.8 Å². The second-order valence-corrected chi connectivity index (χ2v) is 6.23. The molecule has 0 bridgehead atoms. The van der Waals surface area contributed by atoms with Gasteiger partial charge in [-0.3, -0.25) is 4.79 Å². The molecule has 0 unspecified atom stereocenters. The molecule has 3 aromatic rings. The highest BCUT2D eigenvalue weighted by atomic mass is 16.5. The first-order valence-electron chi connectivity index (χ1n) is 8.91. The third-order valence-corrected chi connectivity index (χ3v) is 4.31. The standard InChI is InChI=1S/C22H23N3O3/c1-16(20-13-19(27-2)10-11-21(20)28-3)24-22(26)12-9-17-14-23-25(15-17)18-7-5-4-6-8-18/h4-16H,1-3H3,(H,24,26)/b12-9+/t16-/m1/s1. The molecule has 0 aliphatic rings. The van der Waals surface area contributed by atoms with Crippen LogP contribution in [-0.4, -0.2) is 29.9 Å². The van der Waals surface area contributed by atoms with E-state index in [1.807, 2.05) is 61.7 Å². The van der Waals surface area contributed by atoms with Gasteiger partial charge >= 0.3 is 0 Å². The number of carbonyl (C=O) groups excluding carboxylic acids is 1. The van der Waals surface area contributed by atoms with Crippen molar-refractivity contribution in [3.05, 3.63) is 78.1 Å². The summed E-state index contributed by atoms with van der Waals surface area (Å²) in [7, 11) is 3.21. The Balaban J connectivity index is 1.66. The van der Waals surface area contributed by atoms with Crippen LogP contribution >= 0.6 is 0 Å². The highest BCUT2D eigenvalue weighted by Crippen LogP contribution is 2.29. The monoisotopic (exact) mass is 377 g/mol. The zero-order valence-corrected chi connectivity index (χ0v) is 16.1. The van der Waals surface area contributed by atoms with Gasteiger partial charge in [0.05, 0.1) is 32.1 Å². The smallest absolute Gasteiger partial charge is 0.244 e. The van der Waals surface area contributed by atoms with Crippen molar-refractivity contribution in [1.82, 2.24) is 15.1 Å². The average molecular weight is 377 g/mol. The lowest BCUT2D eigenvalue weighted by molar-refractivity contribution is -0.117. The largest absolute Gasteiger partial charge is 0.497 e. The minimum atomic E-state index is -0.241. The fraction of sp³-hybridized carbons (Fsp3) is 0.182. The van der Waals surface area contributed by atoms with Gasteiger partial charge in [0.1, 0.15) is 11.5 Å². The van der Waals surface area contributed by atoms with E-state index in [4.69, 9.17) is 9.47 Å². The zero-order valence-electron chi connectivity index (χ0n) is 16.1. The van der Waals surface area contributed by atoms with Crippen molar-refractivity contribution in [3.63, 3.8) is 0 Å². The Labute approximate surface area is 164 Å². The van der Waals surface area contributed by atoms with Gasteiger partial charge in [0.2, 0.25) is 5.91 Å². The Kier molecular flexibility index (Phi) is 6.11. The van der Waals surface area contributed by atoms with Crippen LogP contribution in [0, 0.1) is 0 Å². The Bertz CT molecular complexity index is 964. The third kappa shape index (κ3) is 4.59. The maximum atomic E-state index is 12.3. The van der Waals surface area contributed by atoms with Crippen molar-refractivity contribution < 1.29 is 14.3 Å². The van der Waals surface area contributed by atoms with E-state index in [2.05, 4.69) is 10.4 Å². The maximum Gasteiger partial charge on any atom is 0.244 e. The lowest BCUT2D eigenvalue weighted by Gasteiger charge is -2.17. The van der Waals surface area contributed by atoms with Crippen LogP contribution in [0.3, 0.4) is 0 Å². The molecule has 0 spiro atoms. The third-order valence-electron chi connectivity index (χ3n) is 4.31. The second-order valence-electron chi connectivity index (χ2n) is 6.23. The summed E-state index contributed by atoms with van der Waals surface area (Å²) in [6, 6.07) is 15.1. The predicted molar refractivity (Wildman–Crippen MR) is 109 cm³/mol. The fourth-order valence-corrected chi connectivity index (χ4v) is 2.83. The first kappa shape index (κ1) is 19.2. The van der Waals surface area contributed by atoms with Crippen LogP contribution in [0.1, 0.15) is 24.1 Å². The molecule has 3 rings (SSSR count). The molecular formula is C22H23N3O3. The number of aromatic nitrogens is 2. The molecule has 1 heterocycles. The molecule has 6 heteroatoms. The van der Waals surface area contributed by atoms with Gasteiger partial charge < -0.3 is 14.8 Å². The van der Waals surface area contributed by atoms with Gasteiger partial charge in [0, 0.05) is 23.4 Å². The van der Waals surface area contributed by atoms with Crippen molar-refractivity contribution in [2.24, 2.45) is 0 Å². The number of nitrogens with zero attached hydrogens (tertiary/aromatic N) is 2. The van der Waals surface area contributed by atoms with Gasteiger partial charge in [-0.05, 0) is 43.3 Å². The summed E-state index contributed by atoms with van der Waals surface area (Å²) in [6.07, 6.45) is 6.81. The number of carbonyl (C=O) groups is 1. The summed E-state index contributed by atoms with van der Waals surface area (Å²) in [5, 5.41) is 7.26. The Morgan fingerprint density at radius 3 is 2.64 bits per heavy atom. The Morgan fingerprint density at radius 1 is 1.14 bits per heavy atom. The molecule has 144 valence electrons. The van der Waals surface area contributed by atoms with Crippen molar-refractivity contribution in [3.8, 4) is 17.2 Å². The van der Waals surface area contributed by atoms with Crippen LogP contribution in [0.2, 0.25) is 0 Å². The van der Waals surface area contributed by atoms with Crippen LogP contribution in [0.15, 0.2) is 67.0 Å². The topological polar surface area (TPSA) is 65.4 Å². The summed E-state index contributed by atoms with van der Waals surface area (Å²) >= 11 is 0. The van der Waals surface area contributed by atoms with Crippen LogP contribution in [-0.2, 0) is 4.79 Å². The first-order chi connectivity index (χ1) is 13.6. The maximum absolute atomic E-state index is 12.3. The molecule has 2 aromatic carbocycles. The number of hydrogen-bond donors (Lipinski definition) is 1. The lowest BCUT2D eigenvalue weighted by atomic mass is 10.1. The van der Waals surface area contributed by atoms with Gasteiger partial charge in [-0.1, -0.05) is 18.2 Å². The molecule has 6 nitrogen and oxygen atoms in total. The van der Waals surface area contributed by atoms with Crippen molar-refractivity contribution in [1.29, 1.82) is 0 Å². The Hall–Kier alpha value is -3.54. The molecule has 1 N–H and O–H groups in total. The molecule has 0 fully saturated rings. The minimum Gasteiger partial charge on any atom is -0.497 e. The van der Waals surface area contributed by atoms with E-state index in [1.165, 1.54) is 6.08 Å². The number of methoxy groups -OCH3 is 2. The van der Waals surface area contributed by atoms with E-state index >= 15 is 0 Å². The molecular weight excluding hydrogens is 354 g/mol. The van der Waals surface area contributed by atoms with Crippen molar-refractivity contribution >= 4 is 12.0 Å². The summed E-state index contributed by atoms with van der Waals surface area (Å²) in [5.41, 5.74) is 2.65. The molecule has 0 radical (unpaired) electrons. The summed E-state index contributed by atoms with van der Waals surface area (Å²) in [5.74, 6) is 1.20. The summed E-state index contributed by atoms with van der Waals surface area (Å²) < 4.78 is 12.4. The van der Waals surface area contributed by atoms with Gasteiger partial charge in [0.15, 0.2) is 0 Å². The molecule has 1 aromatic heterocycles. The number of hydrogen-bond acceptors (Lipinski definition) is 4. The van der Waals surface area contributed by atoms with Gasteiger partial charge in [-0.25, -0.2) is 4.68 Å². The summed E-state index contributed by atoms with van der Waals surface area (Å²) in [4.78, 5) is 12.3. The second kappa shape index (κ2) is 8.90. The normalized spacial score (nSPS) is 12.0. The van der Waals surface area contributed by atoms with Gasteiger partial charge in [0.25, 0.3) is 0 Å². The van der Waals surface area contributed by atoms with E-state index < -0.39 is 0 Å². The molecule has 1 amide bonds. The van der Waals surface area contributed by atoms with E-state index in [-0.39, 0.29) is 11.9 Å². The van der Waals surface area contributed by atoms with Gasteiger partial charge in [-0.2, -0.15) is 5.10 Å². The quantitative estimate of drug-likeness (QED) is 0.637. The SMILES string of the molecule is COc1ccc(OC)c([C@@H](C)NC(=O)/C=C/c2cnn(-c3ccccc3)c2)c1. The molecule has 0 saturated heterocycles. The number of benzene rings is 2. The molecule has 0 saturated carbocycles. The van der Waals surface area contributed by atoms with E-state index in [9.17, 15) is 4.79 Å². The number of para-hydroxylation sites is 1. The molecule has 28 heavy (non-hydrogen) atoms. The fourth-order valence-electron chi connectivity index (χ4n) is 2.83. The number of rotatable bonds is 7. The minimum absolute atomic E-state index is 0.204. The van der Waals surface area contributed by atoms with Crippen LogP contribution in [0.4, 0.5) is 0 Å². The lowest BCUT2D eigenvalue weighted by Crippen LogP contribution is -2.25. The first-order valence-corrected chi connectivity index (χ1v) is 8.91. The summed E-state index contributed by atoms with van der Waals surface area (Å²) in [6.45, 7) is 1.90. The van der Waals surface area contributed by atoms with E-state index in [0.717, 1.165) is 16.8 Å². The van der Waals surface area contributed by atoms with Crippen LogP contribution in [0.25, 0.3) is 11.8 Å². The highest BCUT2D eigenvalue weighted by Gasteiger charge is 2.14. The van der Waals surface area contributed by atoms with Crippen molar-refractivity contribution in [2.45, 2.75) is 13.0 Å². The number of nitrogens with one attached hydrogen (secondary N) is 1. The van der Waals surface area contributed by atoms with Crippen molar-refractivity contribution in [2.75, 3.05) is 14.2 Å². The molecule has 0 aliphatic carbocycles. The Morgan fingerprint density at radius 2 is 1.93 bits per heavy atom. The predicted octanol–water partition coefficient (Wildman–Crippen LogP) is 3.78. The van der Waals surface area contributed by atoms with E-state index in [1.54, 1.807) is 31.2 Å². The average Bonchev–Trinajstić information content (AvgIpc) is 3.21. The van der Waals surface area contributed by atoms with E-state index in [0.29, 0.717) is 11.5 Å². The van der Waals surface area contributed by atoms with Gasteiger partial charge in [-0.15, -0.1) is 0 Å². The van der Waals surface area contributed by atoms with Crippen LogP contribution in [0.5, 0.6) is 11.5 Å². The number of ether oxygens (including phenoxy) is 2. The molecule has 1 atom stereocenters. The molecule has 0 aliphatic heterocycles. The zero-order chi connectivity index (χ0) is 19.9.